The Morgan fingerprint density at radius 3 is 2.41 bits per heavy atom. The lowest BCUT2D eigenvalue weighted by Crippen LogP contribution is -2.63. The molecule has 0 unspecified atom stereocenters. The zero-order valence-corrected chi connectivity index (χ0v) is 18.0. The van der Waals surface area contributed by atoms with Crippen LogP contribution >= 0.6 is 0 Å². The lowest BCUT2D eigenvalue weighted by atomic mass is 9.74. The molecule has 3 heterocycles. The van der Waals surface area contributed by atoms with Crippen LogP contribution in [0.25, 0.3) is 33.3 Å². The summed E-state index contributed by atoms with van der Waals surface area (Å²) in [6.45, 7) is 3.84. The van der Waals surface area contributed by atoms with Gasteiger partial charge in [-0.15, -0.1) is 0 Å². The molecular weight excluding hydrogens is 396 g/mol. The second-order valence-corrected chi connectivity index (χ2v) is 9.22. The number of hydrogen-bond acceptors (Lipinski definition) is 3. The number of likely N-dealkylation sites (tertiary alicyclic amines) is 1. The van der Waals surface area contributed by atoms with Crippen LogP contribution < -0.4 is 5.32 Å². The summed E-state index contributed by atoms with van der Waals surface area (Å²) in [5, 5.41) is 12.1. The quantitative estimate of drug-likeness (QED) is 0.502. The number of nitrogens with one attached hydrogen (secondary N) is 2. The van der Waals surface area contributed by atoms with Crippen molar-refractivity contribution in [3.8, 4) is 22.4 Å². The summed E-state index contributed by atoms with van der Waals surface area (Å²) in [4.78, 5) is 15.1. The smallest absolute Gasteiger partial charge is 0.253 e. The second-order valence-electron chi connectivity index (χ2n) is 9.22. The average Bonchev–Trinajstić information content (AvgIpc) is 3.26. The van der Waals surface area contributed by atoms with E-state index in [9.17, 15) is 4.79 Å². The van der Waals surface area contributed by atoms with Crippen LogP contribution in [0.5, 0.6) is 0 Å². The number of H-pyrrole nitrogens is 1. The van der Waals surface area contributed by atoms with Crippen molar-refractivity contribution in [3.05, 3.63) is 78.4 Å². The van der Waals surface area contributed by atoms with Crippen LogP contribution in [0.3, 0.4) is 0 Å². The van der Waals surface area contributed by atoms with E-state index in [0.717, 1.165) is 53.9 Å². The van der Waals surface area contributed by atoms with Crippen LogP contribution in [0.4, 0.5) is 0 Å². The normalized spacial score (nSPS) is 17.4. The number of piperidine rings is 1. The van der Waals surface area contributed by atoms with Gasteiger partial charge in [0.05, 0.1) is 11.2 Å². The molecule has 2 saturated heterocycles. The summed E-state index contributed by atoms with van der Waals surface area (Å²) in [7, 11) is 0. The van der Waals surface area contributed by atoms with E-state index >= 15 is 0 Å². The second kappa shape index (κ2) is 7.61. The van der Waals surface area contributed by atoms with Gasteiger partial charge in [-0.3, -0.25) is 9.89 Å². The third-order valence-corrected chi connectivity index (χ3v) is 6.98. The monoisotopic (exact) mass is 422 g/mol. The standard InChI is InChI=1S/C27H26N4O/c32-26(31-17-27(18-31)13-4-14-28-16-27)22-11-12-24-23(15-22)25(30-29-24)21-9-7-20(8-10-21)19-5-2-1-3-6-19/h1-3,5-12,15,28H,4,13-14,16-18H2,(H,29,30). The molecule has 0 radical (unpaired) electrons. The van der Waals surface area contributed by atoms with Crippen LogP contribution in [-0.4, -0.2) is 47.2 Å². The first-order valence-electron chi connectivity index (χ1n) is 11.3. The fraction of sp³-hybridized carbons (Fsp3) is 0.259. The maximum Gasteiger partial charge on any atom is 0.253 e. The van der Waals surface area contributed by atoms with Gasteiger partial charge in [-0.25, -0.2) is 0 Å². The van der Waals surface area contributed by atoms with E-state index in [1.807, 2.05) is 41.3 Å². The highest BCUT2D eigenvalue weighted by Gasteiger charge is 2.45. The zero-order valence-electron chi connectivity index (χ0n) is 18.0. The fourth-order valence-electron chi connectivity index (χ4n) is 5.21. The first kappa shape index (κ1) is 19.3. The number of benzene rings is 3. The van der Waals surface area contributed by atoms with Crippen LogP contribution in [0.2, 0.25) is 0 Å². The molecule has 0 saturated carbocycles. The zero-order chi connectivity index (χ0) is 21.5. The molecule has 4 aromatic rings. The van der Waals surface area contributed by atoms with Crippen LogP contribution in [0.1, 0.15) is 23.2 Å². The minimum atomic E-state index is 0.120. The summed E-state index contributed by atoms with van der Waals surface area (Å²) in [6, 6.07) is 24.7. The topological polar surface area (TPSA) is 61.0 Å². The Hall–Kier alpha value is -3.44. The molecule has 32 heavy (non-hydrogen) atoms. The van der Waals surface area contributed by atoms with E-state index in [4.69, 9.17) is 0 Å². The Balaban J connectivity index is 1.26. The van der Waals surface area contributed by atoms with E-state index in [1.54, 1.807) is 0 Å². The average molecular weight is 423 g/mol. The van der Waals surface area contributed by atoms with E-state index in [0.29, 0.717) is 5.41 Å². The molecule has 5 heteroatoms. The van der Waals surface area contributed by atoms with Crippen molar-refractivity contribution in [2.75, 3.05) is 26.2 Å². The molecule has 1 spiro atoms. The maximum atomic E-state index is 13.1. The first-order valence-corrected chi connectivity index (χ1v) is 11.3. The highest BCUT2D eigenvalue weighted by molar-refractivity contribution is 6.01. The highest BCUT2D eigenvalue weighted by Crippen LogP contribution is 2.37. The molecule has 2 fully saturated rings. The first-order chi connectivity index (χ1) is 15.7. The number of aromatic amines is 1. The van der Waals surface area contributed by atoms with Crippen molar-refractivity contribution in [2.24, 2.45) is 5.41 Å². The Bertz CT molecular complexity index is 1260. The number of carbonyl (C=O) groups is 1. The largest absolute Gasteiger partial charge is 0.337 e. The molecule has 2 N–H and O–H groups in total. The SMILES string of the molecule is O=C(c1ccc2[nH]nc(-c3ccc(-c4ccccc4)cc3)c2c1)N1CC2(CCCNC2)C1. The lowest BCUT2D eigenvalue weighted by molar-refractivity contribution is -0.00721. The van der Waals surface area contributed by atoms with E-state index in [-0.39, 0.29) is 5.91 Å². The molecule has 5 nitrogen and oxygen atoms in total. The molecular formula is C27H26N4O. The molecule has 0 aliphatic carbocycles. The minimum absolute atomic E-state index is 0.120. The van der Waals surface area contributed by atoms with Crippen molar-refractivity contribution >= 4 is 16.8 Å². The Morgan fingerprint density at radius 1 is 0.906 bits per heavy atom. The Morgan fingerprint density at radius 2 is 1.66 bits per heavy atom. The summed E-state index contributed by atoms with van der Waals surface area (Å²) in [6.07, 6.45) is 2.42. The number of fused-ring (bicyclic) bond motifs is 1. The van der Waals surface area contributed by atoms with Crippen LogP contribution in [0, 0.1) is 5.41 Å². The number of amides is 1. The van der Waals surface area contributed by atoms with Gasteiger partial charge >= 0.3 is 0 Å². The summed E-state index contributed by atoms with van der Waals surface area (Å²) in [5.41, 5.74) is 6.26. The minimum Gasteiger partial charge on any atom is -0.337 e. The van der Waals surface area contributed by atoms with Crippen molar-refractivity contribution in [1.82, 2.24) is 20.4 Å². The van der Waals surface area contributed by atoms with Gasteiger partial charge in [-0.05, 0) is 48.7 Å². The van der Waals surface area contributed by atoms with Gasteiger partial charge in [0.25, 0.3) is 5.91 Å². The van der Waals surface area contributed by atoms with Gasteiger partial charge < -0.3 is 10.2 Å². The molecule has 1 amide bonds. The number of nitrogens with zero attached hydrogens (tertiary/aromatic N) is 2. The van der Waals surface area contributed by atoms with Crippen LogP contribution in [-0.2, 0) is 0 Å². The van der Waals surface area contributed by atoms with Gasteiger partial charge in [0.1, 0.15) is 0 Å². The van der Waals surface area contributed by atoms with E-state index < -0.39 is 0 Å². The molecule has 0 bridgehead atoms. The van der Waals surface area contributed by atoms with E-state index in [1.165, 1.54) is 24.0 Å². The summed E-state index contributed by atoms with van der Waals surface area (Å²) in [5.74, 6) is 0.120. The Labute approximate surface area is 187 Å². The molecule has 3 aromatic carbocycles. The number of carbonyl (C=O) groups excluding carboxylic acids is 1. The van der Waals surface area contributed by atoms with Gasteiger partial charge in [0.2, 0.25) is 0 Å². The predicted molar refractivity (Wildman–Crippen MR) is 127 cm³/mol. The van der Waals surface area contributed by atoms with Crippen LogP contribution in [0.15, 0.2) is 72.8 Å². The van der Waals surface area contributed by atoms with Gasteiger partial charge in [0.15, 0.2) is 0 Å². The predicted octanol–water partition coefficient (Wildman–Crippen LogP) is 4.72. The molecule has 2 aliphatic rings. The van der Waals surface area contributed by atoms with Crippen molar-refractivity contribution in [3.63, 3.8) is 0 Å². The van der Waals surface area contributed by atoms with Gasteiger partial charge in [0, 0.05) is 41.6 Å². The number of rotatable bonds is 3. The van der Waals surface area contributed by atoms with E-state index in [2.05, 4.69) is 51.9 Å². The molecule has 160 valence electrons. The number of aromatic nitrogens is 2. The van der Waals surface area contributed by atoms with Gasteiger partial charge in [-0.1, -0.05) is 54.6 Å². The maximum absolute atomic E-state index is 13.1. The third kappa shape index (κ3) is 3.30. The third-order valence-electron chi connectivity index (χ3n) is 6.98. The molecule has 2 aliphatic heterocycles. The molecule has 0 atom stereocenters. The molecule has 1 aromatic heterocycles. The highest BCUT2D eigenvalue weighted by atomic mass is 16.2. The Kier molecular flexibility index (Phi) is 4.58. The summed E-state index contributed by atoms with van der Waals surface area (Å²) < 4.78 is 0. The van der Waals surface area contributed by atoms with Gasteiger partial charge in [-0.2, -0.15) is 5.10 Å². The lowest BCUT2D eigenvalue weighted by Gasteiger charge is -2.52. The van der Waals surface area contributed by atoms with Crippen molar-refractivity contribution in [1.29, 1.82) is 0 Å². The number of hydrogen-bond donors (Lipinski definition) is 2. The molecule has 6 rings (SSSR count). The summed E-state index contributed by atoms with van der Waals surface area (Å²) >= 11 is 0. The van der Waals surface area contributed by atoms with Crippen molar-refractivity contribution in [2.45, 2.75) is 12.8 Å². The fourth-order valence-corrected chi connectivity index (χ4v) is 5.21. The van der Waals surface area contributed by atoms with Crippen molar-refractivity contribution < 1.29 is 4.79 Å².